The van der Waals surface area contributed by atoms with Crippen LogP contribution >= 0.6 is 0 Å². The van der Waals surface area contributed by atoms with Crippen LogP contribution in [0.3, 0.4) is 0 Å². The molecule has 0 aliphatic carbocycles. The van der Waals surface area contributed by atoms with Crippen molar-refractivity contribution >= 4 is 75.0 Å². The zero-order chi connectivity index (χ0) is 55.5. The Morgan fingerprint density at radius 1 is 0.818 bits per heavy atom. The first kappa shape index (κ1) is 56.7. The maximum atomic E-state index is 13.6. The lowest BCUT2D eigenvalue weighted by Gasteiger charge is -2.38. The summed E-state index contributed by atoms with van der Waals surface area (Å²) in [4.78, 5) is 99.1. The first-order valence-corrected chi connectivity index (χ1v) is 25.5. The van der Waals surface area contributed by atoms with Crippen molar-refractivity contribution in [2.24, 2.45) is 5.92 Å². The number of imide groups is 1. The quantitative estimate of drug-likeness (QED) is 0.0316. The van der Waals surface area contributed by atoms with Crippen molar-refractivity contribution in [2.45, 2.75) is 135 Å². The molecule has 10 N–H and O–H groups in total. The van der Waals surface area contributed by atoms with E-state index in [2.05, 4.69) is 37.7 Å². The van der Waals surface area contributed by atoms with Gasteiger partial charge in [0.1, 0.15) is 54.1 Å². The number of alkyl carbamates (subject to hydrolysis) is 1. The van der Waals surface area contributed by atoms with Crippen LogP contribution in [0.1, 0.15) is 88.7 Å². The topological polar surface area (TPSA) is 336 Å². The van der Waals surface area contributed by atoms with E-state index < -0.39 is 78.5 Å². The maximum absolute atomic E-state index is 13.6. The van der Waals surface area contributed by atoms with E-state index in [1.165, 1.54) is 37.3 Å². The van der Waals surface area contributed by atoms with Gasteiger partial charge in [-0.15, -0.1) is 0 Å². The number of aliphatic hydroxyl groups excluding tert-OH is 3. The van der Waals surface area contributed by atoms with Gasteiger partial charge in [0.2, 0.25) is 24.0 Å². The van der Waals surface area contributed by atoms with Gasteiger partial charge in [-0.05, 0) is 67.0 Å². The fourth-order valence-electron chi connectivity index (χ4n) is 8.83. The number of carboxylic acids is 1. The van der Waals surface area contributed by atoms with Gasteiger partial charge in [0.15, 0.2) is 11.9 Å². The maximum Gasteiger partial charge on any atom is 0.407 e. The number of nitrogen functional groups attached to an aromatic ring is 1. The number of hydrogen-bond acceptors (Lipinski definition) is 16. The van der Waals surface area contributed by atoms with Crippen LogP contribution in [-0.2, 0) is 64.4 Å². The molecule has 0 spiro atoms. The molecule has 0 bridgehead atoms. The Morgan fingerprint density at radius 2 is 1.52 bits per heavy atom. The average Bonchev–Trinajstić information content (AvgIpc) is 4.00. The number of carbonyl (C=O) groups is 7. The van der Waals surface area contributed by atoms with E-state index in [0.717, 1.165) is 57.5 Å². The zero-order valence-corrected chi connectivity index (χ0v) is 43.1. The number of benzene rings is 3. The fraction of sp³-hybridized carbons (Fsp3) is 0.426. The summed E-state index contributed by atoms with van der Waals surface area (Å²) >= 11 is 0. The van der Waals surface area contributed by atoms with Gasteiger partial charge in [-0.2, -0.15) is 0 Å². The summed E-state index contributed by atoms with van der Waals surface area (Å²) in [7, 11) is 0. The molecular weight excluding hydrogens is 999 g/mol. The van der Waals surface area contributed by atoms with Gasteiger partial charge in [0.05, 0.1) is 16.7 Å². The average molecular weight is 1060 g/mol. The van der Waals surface area contributed by atoms with Crippen molar-refractivity contribution in [3.8, 4) is 5.75 Å². The van der Waals surface area contributed by atoms with Crippen LogP contribution in [0.2, 0.25) is 0 Å². The van der Waals surface area contributed by atoms with E-state index in [9.17, 15) is 54.0 Å². The molecular formula is C54H65N9O14. The van der Waals surface area contributed by atoms with Gasteiger partial charge in [-0.25, -0.2) is 19.6 Å². The molecule has 4 heterocycles. The molecule has 410 valence electrons. The molecule has 2 aliphatic rings. The monoisotopic (exact) mass is 1060 g/mol. The normalized spacial score (nSPS) is 19.1. The Hall–Kier alpha value is -7.99. The summed E-state index contributed by atoms with van der Waals surface area (Å²) in [6.07, 6.45) is -4.03. The summed E-state index contributed by atoms with van der Waals surface area (Å²) in [5.74, 6) is -3.62. The van der Waals surface area contributed by atoms with Crippen molar-refractivity contribution in [3.05, 3.63) is 101 Å². The van der Waals surface area contributed by atoms with Crippen LogP contribution < -0.4 is 31.7 Å². The first-order valence-electron chi connectivity index (χ1n) is 25.5. The summed E-state index contributed by atoms with van der Waals surface area (Å²) in [6, 6.07) is 17.4. The van der Waals surface area contributed by atoms with E-state index >= 15 is 0 Å². The van der Waals surface area contributed by atoms with Crippen molar-refractivity contribution in [1.82, 2.24) is 35.4 Å². The lowest BCUT2D eigenvalue weighted by Crippen LogP contribution is -2.61. The number of aliphatic carboxylic acids is 1. The van der Waals surface area contributed by atoms with Crippen LogP contribution in [-0.4, -0.2) is 131 Å². The van der Waals surface area contributed by atoms with Gasteiger partial charge in [0.25, 0.3) is 11.8 Å². The number of unbranched alkanes of at least 4 members (excludes halogenated alkanes) is 3. The van der Waals surface area contributed by atoms with Crippen molar-refractivity contribution < 1.29 is 68.2 Å². The summed E-state index contributed by atoms with van der Waals surface area (Å²) in [6.45, 7) is 7.46. The number of aromatic nitrogens is 3. The molecule has 7 atom stereocenters. The molecule has 1 saturated heterocycles. The second-order valence-electron chi connectivity index (χ2n) is 19.3. The van der Waals surface area contributed by atoms with E-state index in [1.54, 1.807) is 13.8 Å². The Morgan fingerprint density at radius 3 is 2.22 bits per heavy atom. The highest BCUT2D eigenvalue weighted by Gasteiger charge is 2.48. The zero-order valence-electron chi connectivity index (χ0n) is 43.1. The summed E-state index contributed by atoms with van der Waals surface area (Å²) in [5.41, 5.74) is 10.7. The van der Waals surface area contributed by atoms with Crippen LogP contribution in [0.5, 0.6) is 5.75 Å². The number of fused-ring (bicyclic) bond motifs is 3. The summed E-state index contributed by atoms with van der Waals surface area (Å²) in [5, 5.41) is 52.8. The number of nitrogens with two attached hydrogens (primary N) is 1. The number of amides is 6. The van der Waals surface area contributed by atoms with Crippen molar-refractivity contribution in [1.29, 1.82) is 0 Å². The molecule has 23 nitrogen and oxygen atoms in total. The number of carbonyl (C=O) groups excluding carboxylic acids is 6. The van der Waals surface area contributed by atoms with Crippen LogP contribution in [0, 0.1) is 5.92 Å². The van der Waals surface area contributed by atoms with Crippen LogP contribution in [0.15, 0.2) is 78.9 Å². The predicted octanol–water partition coefficient (Wildman–Crippen LogP) is 3.32. The molecule has 2 aliphatic heterocycles. The molecule has 1 fully saturated rings. The minimum absolute atomic E-state index is 0.0687. The Bertz CT molecular complexity index is 3000. The highest BCUT2D eigenvalue weighted by atomic mass is 16.7. The number of anilines is 2. The number of nitrogens with zero attached hydrogens (tertiary/aromatic N) is 4. The predicted molar refractivity (Wildman–Crippen MR) is 279 cm³/mol. The van der Waals surface area contributed by atoms with E-state index in [1.807, 2.05) is 48.5 Å². The molecule has 77 heavy (non-hydrogen) atoms. The van der Waals surface area contributed by atoms with Gasteiger partial charge >= 0.3 is 12.1 Å². The van der Waals surface area contributed by atoms with Gasteiger partial charge in [-0.1, -0.05) is 82.1 Å². The molecule has 23 heteroatoms. The lowest BCUT2D eigenvalue weighted by atomic mass is 9.99. The number of para-hydroxylation sites is 1. The SMILES string of the molecule is CCCCc1nc2c(N)nc3ccccc3c2n1Cc1ccc(CNC(=O)OCc2ccc(NC(=O)[C@H](C)NC(=O)[C@@H](NC(=O)CCCCCN3C(=O)C=CC3=O)C(C)C)c(O[C@@H]3O[C@H](C(=O)O)[C@@H](O)[C@H](O)[C@H]3O)c2)cc1. The third kappa shape index (κ3) is 14.1. The van der Waals surface area contributed by atoms with Crippen LogP contribution in [0.4, 0.5) is 16.3 Å². The highest BCUT2D eigenvalue weighted by molar-refractivity contribution is 6.13. The van der Waals surface area contributed by atoms with Crippen LogP contribution in [0.25, 0.3) is 21.9 Å². The number of aliphatic hydroxyl groups is 3. The number of imidazole rings is 1. The largest absolute Gasteiger partial charge is 0.479 e. The Kier molecular flexibility index (Phi) is 18.9. The third-order valence-electron chi connectivity index (χ3n) is 13.2. The highest BCUT2D eigenvalue weighted by Crippen LogP contribution is 2.33. The molecule has 0 saturated carbocycles. The van der Waals surface area contributed by atoms with E-state index in [4.69, 9.17) is 24.9 Å². The molecule has 0 unspecified atom stereocenters. The smallest absolute Gasteiger partial charge is 0.407 e. The number of pyridine rings is 1. The minimum Gasteiger partial charge on any atom is -0.479 e. The number of carboxylic acid groups (broad SMARTS) is 1. The number of aryl methyl sites for hydroxylation is 1. The van der Waals surface area contributed by atoms with Gasteiger partial charge < -0.3 is 66.2 Å². The molecule has 5 aromatic rings. The summed E-state index contributed by atoms with van der Waals surface area (Å²) < 4.78 is 18.9. The third-order valence-corrected chi connectivity index (χ3v) is 13.2. The lowest BCUT2D eigenvalue weighted by molar-refractivity contribution is -0.271. The molecule has 7 rings (SSSR count). The standard InChI is InChI=1S/C54H65N9O14/c1-5-6-14-38-60-43-44(34-12-9-10-13-35(34)58-49(43)55)63(38)27-32-18-16-31(17-19-32)26-56-54(74)75-28-33-20-21-36(37(25-33)76-53-47(69)45(67)46(68)48(77-53)52(72)73)59-50(70)30(4)57-51(71)42(29(2)3)61-39(64)15-8-7-11-24-62-40(65)22-23-41(62)66/h9-10,12-13,16-23,25,29-30,42,45-48,53,67-69H,5-8,11,14-15,24,26-28H2,1-4H3,(H2,55,58)(H,56,74)(H,57,71)(H,59,70)(H,61,64)(H,72,73)/t30-,42-,45-,46-,47+,48-,53+/m0/s1. The molecule has 2 aromatic heterocycles. The molecule has 3 aromatic carbocycles. The van der Waals surface area contributed by atoms with Crippen molar-refractivity contribution in [3.63, 3.8) is 0 Å². The Labute approximate surface area is 443 Å². The van der Waals surface area contributed by atoms with E-state index in [-0.39, 0.29) is 49.4 Å². The first-order chi connectivity index (χ1) is 36.8. The molecule has 6 amide bonds. The van der Waals surface area contributed by atoms with Gasteiger partial charge in [-0.3, -0.25) is 28.9 Å². The second kappa shape index (κ2) is 25.7. The minimum atomic E-state index is -2.02. The number of nitrogens with one attached hydrogen (secondary N) is 4. The number of rotatable bonds is 24. The number of hydrogen-bond donors (Lipinski definition) is 9. The fourth-order valence-corrected chi connectivity index (χ4v) is 8.83. The van der Waals surface area contributed by atoms with E-state index in [0.29, 0.717) is 42.7 Å². The number of ether oxygens (including phenoxy) is 3. The van der Waals surface area contributed by atoms with Gasteiger partial charge in [0, 0.05) is 50.0 Å². The van der Waals surface area contributed by atoms with Crippen molar-refractivity contribution in [2.75, 3.05) is 17.6 Å². The second-order valence-corrected chi connectivity index (χ2v) is 19.3. The Balaban J connectivity index is 0.965. The molecule has 0 radical (unpaired) electrons.